The summed E-state index contributed by atoms with van der Waals surface area (Å²) in [5.74, 6) is -7.35. The summed E-state index contributed by atoms with van der Waals surface area (Å²) in [5.41, 5.74) is 0. The van der Waals surface area contributed by atoms with Crippen LogP contribution in [0.4, 0.5) is 27.2 Å². The van der Waals surface area contributed by atoms with Crippen LogP contribution in [0.3, 0.4) is 0 Å². The summed E-state index contributed by atoms with van der Waals surface area (Å²) in [5, 5.41) is 58.7. The monoisotopic (exact) mass is 536 g/mol. The summed E-state index contributed by atoms with van der Waals surface area (Å²) in [7, 11) is 0. The number of carbonyl (C=O) groups is 2. The Morgan fingerprint density at radius 1 is 0.750 bits per heavy atom. The molecule has 18 heteroatoms. The number of aliphatic hydroxyl groups is 6. The number of hydrogen-bond donors (Lipinski definition) is 8. The third kappa shape index (κ3) is 5.30. The van der Waals surface area contributed by atoms with Gasteiger partial charge in [0.1, 0.15) is 24.7 Å². The zero-order valence-electron chi connectivity index (χ0n) is 18.6. The fourth-order valence-electron chi connectivity index (χ4n) is 4.07. The highest BCUT2D eigenvalue weighted by atomic mass is 19.3. The molecule has 0 saturated carbocycles. The maximum atomic E-state index is 13.7. The van der Waals surface area contributed by atoms with Gasteiger partial charge >= 0.3 is 23.9 Å². The van der Waals surface area contributed by atoms with E-state index in [2.05, 4.69) is 10.6 Å². The molecular formula is C18H28F4N4O10. The van der Waals surface area contributed by atoms with E-state index in [1.165, 1.54) is 0 Å². The smallest absolute Gasteiger partial charge is 0.321 e. The van der Waals surface area contributed by atoms with Gasteiger partial charge in [0.25, 0.3) is 0 Å². The SMILES string of the molecule is O=C1NC(O)CCN1[C@@H]1O[C@H](CO)[C@@H](O)C1(F)F.O=C1N[C@H](O)CCN1[C@@H]1O[C@H](CO)[C@@H](O)C1(F)F. The Labute approximate surface area is 201 Å². The number of nitrogens with zero attached hydrogens (tertiary/aromatic N) is 2. The molecule has 0 spiro atoms. The molecule has 4 aliphatic rings. The van der Waals surface area contributed by atoms with Crippen molar-refractivity contribution in [1.82, 2.24) is 20.4 Å². The third-order valence-electron chi connectivity index (χ3n) is 6.07. The number of amides is 4. The van der Waals surface area contributed by atoms with Crippen molar-refractivity contribution >= 4 is 12.1 Å². The summed E-state index contributed by atoms with van der Waals surface area (Å²) in [6.45, 7) is -1.80. The van der Waals surface area contributed by atoms with Crippen molar-refractivity contribution in [2.45, 2.75) is 74.0 Å². The minimum Gasteiger partial charge on any atom is -0.394 e. The van der Waals surface area contributed by atoms with Crippen molar-refractivity contribution in [1.29, 1.82) is 0 Å². The van der Waals surface area contributed by atoms with Crippen LogP contribution in [0.2, 0.25) is 0 Å². The molecule has 0 aromatic heterocycles. The lowest BCUT2D eigenvalue weighted by molar-refractivity contribution is -0.159. The molecule has 4 amide bonds. The van der Waals surface area contributed by atoms with Gasteiger partial charge in [-0.3, -0.25) is 9.80 Å². The average molecular weight is 536 g/mol. The maximum absolute atomic E-state index is 13.7. The maximum Gasteiger partial charge on any atom is 0.321 e. The van der Waals surface area contributed by atoms with Crippen LogP contribution in [0.5, 0.6) is 0 Å². The molecule has 0 aliphatic carbocycles. The topological polar surface area (TPSA) is 205 Å². The summed E-state index contributed by atoms with van der Waals surface area (Å²) < 4.78 is 64.5. The predicted octanol–water partition coefficient (Wildman–Crippen LogP) is -3.13. The first-order valence-corrected chi connectivity index (χ1v) is 10.9. The van der Waals surface area contributed by atoms with Gasteiger partial charge < -0.3 is 50.7 Å². The molecule has 4 rings (SSSR count). The van der Waals surface area contributed by atoms with Crippen LogP contribution in [-0.2, 0) is 9.47 Å². The minimum atomic E-state index is -3.67. The van der Waals surface area contributed by atoms with Gasteiger partial charge in [0.05, 0.1) is 13.2 Å². The van der Waals surface area contributed by atoms with Gasteiger partial charge in [-0.1, -0.05) is 0 Å². The van der Waals surface area contributed by atoms with E-state index in [4.69, 9.17) is 29.9 Å². The number of hydrogen-bond acceptors (Lipinski definition) is 10. The van der Waals surface area contributed by atoms with Crippen molar-refractivity contribution in [2.24, 2.45) is 0 Å². The van der Waals surface area contributed by atoms with Gasteiger partial charge in [0.15, 0.2) is 12.2 Å². The second-order valence-electron chi connectivity index (χ2n) is 8.55. The molecule has 4 aliphatic heterocycles. The Morgan fingerprint density at radius 3 is 1.33 bits per heavy atom. The van der Waals surface area contributed by atoms with Crippen LogP contribution >= 0.6 is 0 Å². The number of nitrogens with one attached hydrogen (secondary N) is 2. The van der Waals surface area contributed by atoms with Crippen LogP contribution in [0.1, 0.15) is 12.8 Å². The molecule has 4 heterocycles. The van der Waals surface area contributed by atoms with E-state index in [1.807, 2.05) is 0 Å². The highest BCUT2D eigenvalue weighted by molar-refractivity contribution is 5.76. The number of halogens is 4. The van der Waals surface area contributed by atoms with Crippen molar-refractivity contribution in [3.8, 4) is 0 Å². The van der Waals surface area contributed by atoms with Gasteiger partial charge in [-0.05, 0) is 0 Å². The first kappa shape index (κ1) is 28.5. The molecule has 4 fully saturated rings. The molecule has 0 bridgehead atoms. The van der Waals surface area contributed by atoms with E-state index >= 15 is 0 Å². The summed E-state index contributed by atoms with van der Waals surface area (Å²) in [6.07, 6.45) is -13.1. The van der Waals surface area contributed by atoms with E-state index in [-0.39, 0.29) is 25.9 Å². The third-order valence-corrected chi connectivity index (χ3v) is 6.07. The molecule has 4 saturated heterocycles. The van der Waals surface area contributed by atoms with Gasteiger partial charge in [-0.2, -0.15) is 17.6 Å². The predicted molar refractivity (Wildman–Crippen MR) is 105 cm³/mol. The first-order valence-electron chi connectivity index (χ1n) is 10.9. The van der Waals surface area contributed by atoms with Crippen molar-refractivity contribution in [2.75, 3.05) is 26.3 Å². The van der Waals surface area contributed by atoms with E-state index in [0.717, 1.165) is 0 Å². The lowest BCUT2D eigenvalue weighted by Gasteiger charge is -2.36. The Hall–Kier alpha value is -2.06. The second-order valence-corrected chi connectivity index (χ2v) is 8.55. The van der Waals surface area contributed by atoms with Crippen LogP contribution < -0.4 is 10.6 Å². The van der Waals surface area contributed by atoms with Gasteiger partial charge in [-0.25, -0.2) is 9.59 Å². The summed E-state index contributed by atoms with van der Waals surface area (Å²) in [6, 6.07) is -1.80. The van der Waals surface area contributed by atoms with E-state index in [9.17, 15) is 37.4 Å². The average Bonchev–Trinajstić information content (AvgIpc) is 3.17. The van der Waals surface area contributed by atoms with Crippen LogP contribution in [0.15, 0.2) is 0 Å². The number of carbonyl (C=O) groups excluding carboxylic acids is 2. The molecular weight excluding hydrogens is 508 g/mol. The number of rotatable bonds is 4. The normalized spacial score (nSPS) is 39.8. The highest BCUT2D eigenvalue weighted by Crippen LogP contribution is 2.39. The molecule has 14 nitrogen and oxygen atoms in total. The second kappa shape index (κ2) is 10.7. The minimum absolute atomic E-state index is 0.0710. The van der Waals surface area contributed by atoms with Gasteiger partial charge in [0, 0.05) is 25.9 Å². The molecule has 1 unspecified atom stereocenters. The Bertz CT molecular complexity index is 750. The lowest BCUT2D eigenvalue weighted by Crippen LogP contribution is -2.59. The van der Waals surface area contributed by atoms with E-state index in [0.29, 0.717) is 9.80 Å². The fourth-order valence-corrected chi connectivity index (χ4v) is 4.07. The summed E-state index contributed by atoms with van der Waals surface area (Å²) >= 11 is 0. The fraction of sp³-hybridized carbons (Fsp3) is 0.889. The first-order chi connectivity index (χ1) is 16.7. The number of urea groups is 2. The van der Waals surface area contributed by atoms with Crippen LogP contribution in [0, 0.1) is 0 Å². The molecule has 8 atom stereocenters. The Morgan fingerprint density at radius 2 is 1.08 bits per heavy atom. The molecule has 0 aromatic rings. The van der Waals surface area contributed by atoms with Crippen LogP contribution in [-0.4, -0.2) is 140 Å². The van der Waals surface area contributed by atoms with E-state index < -0.39 is 86.4 Å². The molecule has 0 radical (unpaired) electrons. The highest BCUT2D eigenvalue weighted by Gasteiger charge is 2.62. The molecule has 8 N–H and O–H groups in total. The Balaban J connectivity index is 0.000000201. The van der Waals surface area contributed by atoms with Gasteiger partial charge in [0.2, 0.25) is 12.5 Å². The van der Waals surface area contributed by atoms with E-state index in [1.54, 1.807) is 0 Å². The standard InChI is InChI=1S/2C9H14F2N2O5/c2*10-9(11)6(16)4(3-14)18-7(9)13-2-1-5(15)12-8(13)17/h2*4-7,14-16H,1-3H2,(H,12,17)/t4-,5?,6-,7-;4-,5-,6-,7-/m11/s1. The largest absolute Gasteiger partial charge is 0.394 e. The Kier molecular flexibility index (Phi) is 8.50. The van der Waals surface area contributed by atoms with Crippen molar-refractivity contribution < 1.29 is 67.3 Å². The summed E-state index contributed by atoms with van der Waals surface area (Å²) in [4.78, 5) is 24.4. The zero-order valence-corrected chi connectivity index (χ0v) is 18.6. The quantitative estimate of drug-likeness (QED) is 0.170. The molecule has 208 valence electrons. The number of aliphatic hydroxyl groups excluding tert-OH is 6. The number of alkyl halides is 4. The number of ether oxygens (including phenoxy) is 2. The lowest BCUT2D eigenvalue weighted by atomic mass is 10.1. The van der Waals surface area contributed by atoms with Crippen LogP contribution in [0.25, 0.3) is 0 Å². The van der Waals surface area contributed by atoms with Crippen molar-refractivity contribution in [3.05, 3.63) is 0 Å². The molecule has 36 heavy (non-hydrogen) atoms. The zero-order chi connectivity index (χ0) is 27.0. The van der Waals surface area contributed by atoms with Crippen molar-refractivity contribution in [3.63, 3.8) is 0 Å². The molecule has 0 aromatic carbocycles. The van der Waals surface area contributed by atoms with Gasteiger partial charge in [-0.15, -0.1) is 0 Å².